The fraction of sp³-hybridized carbons (Fsp3) is 0.0952. The molecule has 0 spiro atoms. The Balaban J connectivity index is 1.78. The van der Waals surface area contributed by atoms with Crippen molar-refractivity contribution in [1.82, 2.24) is 4.98 Å². The number of nitrogens with zero attached hydrogens (tertiary/aromatic N) is 1. The Morgan fingerprint density at radius 2 is 1.67 bits per heavy atom. The van der Waals surface area contributed by atoms with Crippen LogP contribution in [0.3, 0.4) is 0 Å². The first kappa shape index (κ1) is 21.5. The number of aryl methyl sites for hydroxylation is 1. The highest BCUT2D eigenvalue weighted by atomic mass is 79.9. The van der Waals surface area contributed by atoms with Gasteiger partial charge in [0, 0.05) is 15.7 Å². The molecule has 0 aliphatic rings. The Kier molecular flexibility index (Phi) is 6.21. The largest absolute Gasteiger partial charge is 0.417 e. The minimum absolute atomic E-state index is 0.185. The minimum Gasteiger partial charge on any atom is -0.322 e. The molecule has 0 aliphatic carbocycles. The predicted molar refractivity (Wildman–Crippen MR) is 110 cm³/mol. The Morgan fingerprint density at radius 3 is 2.37 bits per heavy atom. The maximum atomic E-state index is 13.1. The molecule has 3 rings (SSSR count). The van der Waals surface area contributed by atoms with Gasteiger partial charge in [0.25, 0.3) is 11.8 Å². The molecule has 0 unspecified atom stereocenters. The summed E-state index contributed by atoms with van der Waals surface area (Å²) in [6, 6.07) is 13.7. The Hall–Kier alpha value is -3.20. The summed E-state index contributed by atoms with van der Waals surface area (Å²) in [5.41, 5.74) is -0.455. The van der Waals surface area contributed by atoms with E-state index < -0.39 is 29.1 Å². The maximum Gasteiger partial charge on any atom is 0.417 e. The molecule has 1 heterocycles. The number of alkyl halides is 3. The summed E-state index contributed by atoms with van der Waals surface area (Å²) in [6.45, 7) is 1.77. The topological polar surface area (TPSA) is 71.1 Å². The highest BCUT2D eigenvalue weighted by molar-refractivity contribution is 9.10. The summed E-state index contributed by atoms with van der Waals surface area (Å²) < 4.78 is 40.2. The van der Waals surface area contributed by atoms with Crippen LogP contribution in [0.1, 0.15) is 32.0 Å². The second-order valence-corrected chi connectivity index (χ2v) is 7.15. The fourth-order valence-corrected chi connectivity index (χ4v) is 2.89. The third kappa shape index (κ3) is 5.04. The van der Waals surface area contributed by atoms with Crippen molar-refractivity contribution < 1.29 is 22.8 Å². The van der Waals surface area contributed by atoms with Crippen LogP contribution < -0.4 is 10.6 Å². The first-order valence-electron chi connectivity index (χ1n) is 8.67. The number of carbonyl (C=O) groups excluding carboxylic acids is 2. The molecule has 0 bridgehead atoms. The summed E-state index contributed by atoms with van der Waals surface area (Å²) >= 11 is 3.32. The average molecular weight is 478 g/mol. The molecule has 0 aliphatic heterocycles. The van der Waals surface area contributed by atoms with Crippen LogP contribution in [0.25, 0.3) is 0 Å². The molecule has 1 aromatic heterocycles. The van der Waals surface area contributed by atoms with E-state index in [0.717, 1.165) is 16.6 Å². The van der Waals surface area contributed by atoms with Crippen molar-refractivity contribution >= 4 is 39.2 Å². The number of pyridine rings is 1. The van der Waals surface area contributed by atoms with E-state index >= 15 is 0 Å². The highest BCUT2D eigenvalue weighted by Gasteiger charge is 2.34. The van der Waals surface area contributed by atoms with E-state index in [1.807, 2.05) is 0 Å². The summed E-state index contributed by atoms with van der Waals surface area (Å²) in [6.07, 6.45) is -4.66. The van der Waals surface area contributed by atoms with Gasteiger partial charge in [0.1, 0.15) is 5.82 Å². The van der Waals surface area contributed by atoms with Crippen molar-refractivity contribution in [3.63, 3.8) is 0 Å². The van der Waals surface area contributed by atoms with Gasteiger partial charge in [-0.1, -0.05) is 18.2 Å². The number of anilines is 2. The summed E-state index contributed by atoms with van der Waals surface area (Å²) in [5.74, 6) is -1.06. The molecule has 0 atom stereocenters. The highest BCUT2D eigenvalue weighted by Crippen LogP contribution is 2.32. The molecule has 3 aromatic rings. The van der Waals surface area contributed by atoms with Gasteiger partial charge in [0.15, 0.2) is 0 Å². The first-order valence-corrected chi connectivity index (χ1v) is 9.46. The second kappa shape index (κ2) is 8.66. The van der Waals surface area contributed by atoms with Crippen molar-refractivity contribution in [2.24, 2.45) is 0 Å². The van der Waals surface area contributed by atoms with Crippen molar-refractivity contribution in [2.75, 3.05) is 10.6 Å². The van der Waals surface area contributed by atoms with Crippen LogP contribution in [-0.2, 0) is 6.18 Å². The molecule has 30 heavy (non-hydrogen) atoms. The molecule has 2 aromatic carbocycles. The van der Waals surface area contributed by atoms with E-state index in [9.17, 15) is 22.8 Å². The number of rotatable bonds is 4. The van der Waals surface area contributed by atoms with E-state index in [0.29, 0.717) is 11.5 Å². The third-order valence-electron chi connectivity index (χ3n) is 4.12. The summed E-state index contributed by atoms with van der Waals surface area (Å²) in [5, 5.41) is 5.04. The molecule has 0 radical (unpaired) electrons. The number of amides is 2. The smallest absolute Gasteiger partial charge is 0.322 e. The number of hydrogen-bond donors (Lipinski definition) is 2. The van der Waals surface area contributed by atoms with Crippen LogP contribution in [-0.4, -0.2) is 16.8 Å². The average Bonchev–Trinajstić information content (AvgIpc) is 2.70. The standard InChI is InChI=1S/C21H15BrF3N3O2/c1-12-17(22)9-10-18(26-12)28-19(29)13-5-4-6-14(11-13)27-20(30)15-7-2-3-8-16(15)21(23,24)25/h2-11H,1H3,(H,27,30)(H,26,28,29). The van der Waals surface area contributed by atoms with Gasteiger partial charge < -0.3 is 10.6 Å². The van der Waals surface area contributed by atoms with E-state index in [4.69, 9.17) is 0 Å². The molecular weight excluding hydrogens is 463 g/mol. The lowest BCUT2D eigenvalue weighted by atomic mass is 10.1. The van der Waals surface area contributed by atoms with Gasteiger partial charge in [-0.25, -0.2) is 4.98 Å². The van der Waals surface area contributed by atoms with Gasteiger partial charge in [0.05, 0.1) is 16.8 Å². The monoisotopic (exact) mass is 477 g/mol. The van der Waals surface area contributed by atoms with Gasteiger partial charge in [-0.15, -0.1) is 0 Å². The van der Waals surface area contributed by atoms with E-state index in [-0.39, 0.29) is 11.3 Å². The third-order valence-corrected chi connectivity index (χ3v) is 4.96. The van der Waals surface area contributed by atoms with Crippen molar-refractivity contribution in [2.45, 2.75) is 13.1 Å². The summed E-state index contributed by atoms with van der Waals surface area (Å²) in [7, 11) is 0. The molecule has 5 nitrogen and oxygen atoms in total. The number of aromatic nitrogens is 1. The quantitative estimate of drug-likeness (QED) is 0.507. The number of benzene rings is 2. The van der Waals surface area contributed by atoms with Crippen molar-refractivity contribution in [3.05, 3.63) is 87.5 Å². The molecule has 2 amide bonds. The molecular formula is C21H15BrF3N3O2. The SMILES string of the molecule is Cc1nc(NC(=O)c2cccc(NC(=O)c3ccccc3C(F)(F)F)c2)ccc1Br. The van der Waals surface area contributed by atoms with Gasteiger partial charge in [-0.2, -0.15) is 13.2 Å². The second-order valence-electron chi connectivity index (χ2n) is 6.30. The number of carbonyl (C=O) groups is 2. The number of halogens is 4. The molecule has 0 saturated carbocycles. The number of hydrogen-bond acceptors (Lipinski definition) is 3. The maximum absolute atomic E-state index is 13.1. The summed E-state index contributed by atoms with van der Waals surface area (Å²) in [4.78, 5) is 29.1. The normalized spacial score (nSPS) is 11.1. The van der Waals surface area contributed by atoms with Crippen LogP contribution in [0.4, 0.5) is 24.7 Å². The molecule has 154 valence electrons. The van der Waals surface area contributed by atoms with Gasteiger partial charge in [0.2, 0.25) is 0 Å². The number of nitrogens with one attached hydrogen (secondary N) is 2. The zero-order chi connectivity index (χ0) is 21.9. The lowest BCUT2D eigenvalue weighted by Gasteiger charge is -2.13. The molecule has 0 fully saturated rings. The van der Waals surface area contributed by atoms with Crippen LogP contribution >= 0.6 is 15.9 Å². The Bertz CT molecular complexity index is 1120. The zero-order valence-corrected chi connectivity index (χ0v) is 17.1. The lowest BCUT2D eigenvalue weighted by molar-refractivity contribution is -0.137. The van der Waals surface area contributed by atoms with E-state index in [1.165, 1.54) is 36.4 Å². The minimum atomic E-state index is -4.66. The van der Waals surface area contributed by atoms with Crippen LogP contribution in [0.5, 0.6) is 0 Å². The Labute approximate surface area is 178 Å². The Morgan fingerprint density at radius 1 is 0.933 bits per heavy atom. The van der Waals surface area contributed by atoms with Gasteiger partial charge in [-0.3, -0.25) is 9.59 Å². The molecule has 9 heteroatoms. The van der Waals surface area contributed by atoms with Crippen molar-refractivity contribution in [1.29, 1.82) is 0 Å². The molecule has 2 N–H and O–H groups in total. The fourth-order valence-electron chi connectivity index (χ4n) is 2.67. The van der Waals surface area contributed by atoms with Crippen molar-refractivity contribution in [3.8, 4) is 0 Å². The van der Waals surface area contributed by atoms with Gasteiger partial charge >= 0.3 is 6.18 Å². The van der Waals surface area contributed by atoms with Crippen LogP contribution in [0.15, 0.2) is 65.1 Å². The van der Waals surface area contributed by atoms with Crippen LogP contribution in [0.2, 0.25) is 0 Å². The predicted octanol–water partition coefficient (Wildman–Crippen LogP) is 5.68. The first-order chi connectivity index (χ1) is 14.1. The van der Waals surface area contributed by atoms with E-state index in [2.05, 4.69) is 31.5 Å². The lowest BCUT2D eigenvalue weighted by Crippen LogP contribution is -2.19. The van der Waals surface area contributed by atoms with Gasteiger partial charge in [-0.05, 0) is 65.3 Å². The molecule has 0 saturated heterocycles. The van der Waals surface area contributed by atoms with E-state index in [1.54, 1.807) is 19.1 Å². The van der Waals surface area contributed by atoms with Crippen LogP contribution in [0, 0.1) is 6.92 Å². The zero-order valence-electron chi connectivity index (χ0n) is 15.5.